The van der Waals surface area contributed by atoms with Gasteiger partial charge in [0.2, 0.25) is 0 Å². The Kier molecular flexibility index (Phi) is 3.62. The Morgan fingerprint density at radius 3 is 2.42 bits per heavy atom. The van der Waals surface area contributed by atoms with E-state index >= 15 is 0 Å². The van der Waals surface area contributed by atoms with Gasteiger partial charge in [-0.2, -0.15) is 5.11 Å². The molecule has 0 bridgehead atoms. The van der Waals surface area contributed by atoms with E-state index in [1.165, 1.54) is 12.1 Å². The molecule has 0 radical (unpaired) electrons. The lowest BCUT2D eigenvalue weighted by molar-refractivity contribution is 0.601. The molecule has 6 heteroatoms. The molecule has 0 spiro atoms. The second-order valence-electron chi connectivity index (χ2n) is 4.05. The topological polar surface area (TPSA) is 82.4 Å². The van der Waals surface area contributed by atoms with Crippen LogP contribution in [0.3, 0.4) is 0 Å². The summed E-state index contributed by atoms with van der Waals surface area (Å²) in [6.45, 7) is 1.84. The van der Waals surface area contributed by atoms with E-state index in [1.54, 1.807) is 36.4 Å². The van der Waals surface area contributed by atoms with Crippen molar-refractivity contribution in [2.75, 3.05) is 4.72 Å². The summed E-state index contributed by atoms with van der Waals surface area (Å²) in [5.74, 6) is 0. The lowest BCUT2D eigenvalue weighted by atomic mass is 10.2. The molecule has 2 aromatic rings. The molecule has 0 aliphatic rings. The van der Waals surface area contributed by atoms with Gasteiger partial charge in [-0.25, -0.2) is 13.9 Å². The maximum atomic E-state index is 12.2. The van der Waals surface area contributed by atoms with Crippen molar-refractivity contribution >= 4 is 21.4 Å². The van der Waals surface area contributed by atoms with Gasteiger partial charge in [-0.1, -0.05) is 24.3 Å². The first-order valence-electron chi connectivity index (χ1n) is 5.59. The molecule has 0 aliphatic heterocycles. The fourth-order valence-electron chi connectivity index (χ4n) is 1.63. The SMILES string of the molecule is Cc1ccc(N=N)c(NS(=O)(=O)c2ccccc2)c1. The summed E-state index contributed by atoms with van der Waals surface area (Å²) in [4.78, 5) is 0.174. The predicted octanol–water partition coefficient (Wildman–Crippen LogP) is 3.46. The van der Waals surface area contributed by atoms with Crippen molar-refractivity contribution in [1.82, 2.24) is 0 Å². The van der Waals surface area contributed by atoms with Crippen molar-refractivity contribution in [1.29, 1.82) is 5.53 Å². The number of anilines is 1. The maximum absolute atomic E-state index is 12.2. The molecular weight excluding hydrogens is 262 g/mol. The Morgan fingerprint density at radius 1 is 1.11 bits per heavy atom. The third-order valence-electron chi connectivity index (χ3n) is 2.57. The van der Waals surface area contributed by atoms with Gasteiger partial charge >= 0.3 is 0 Å². The van der Waals surface area contributed by atoms with Crippen molar-refractivity contribution in [2.45, 2.75) is 11.8 Å². The minimum Gasteiger partial charge on any atom is -0.277 e. The number of nitrogens with one attached hydrogen (secondary N) is 2. The first-order chi connectivity index (χ1) is 9.03. The predicted molar refractivity (Wildman–Crippen MR) is 73.2 cm³/mol. The van der Waals surface area contributed by atoms with Crippen molar-refractivity contribution in [3.8, 4) is 0 Å². The van der Waals surface area contributed by atoms with Gasteiger partial charge < -0.3 is 0 Å². The minimum atomic E-state index is -3.66. The van der Waals surface area contributed by atoms with Crippen LogP contribution in [-0.4, -0.2) is 8.42 Å². The van der Waals surface area contributed by atoms with Crippen LogP contribution < -0.4 is 4.72 Å². The Labute approximate surface area is 111 Å². The summed E-state index contributed by atoms with van der Waals surface area (Å²) in [5.41, 5.74) is 8.53. The molecular formula is C13H13N3O2S. The lowest BCUT2D eigenvalue weighted by Gasteiger charge is -2.10. The van der Waals surface area contributed by atoms with E-state index in [4.69, 9.17) is 5.53 Å². The molecule has 0 fully saturated rings. The van der Waals surface area contributed by atoms with Crippen molar-refractivity contribution in [2.24, 2.45) is 5.11 Å². The van der Waals surface area contributed by atoms with Gasteiger partial charge in [-0.3, -0.25) is 4.72 Å². The summed E-state index contributed by atoms with van der Waals surface area (Å²) in [6.07, 6.45) is 0. The smallest absolute Gasteiger partial charge is 0.261 e. The first kappa shape index (κ1) is 13.2. The zero-order valence-electron chi connectivity index (χ0n) is 10.3. The van der Waals surface area contributed by atoms with Crippen LogP contribution in [-0.2, 0) is 10.0 Å². The highest BCUT2D eigenvalue weighted by atomic mass is 32.2. The minimum absolute atomic E-state index is 0.174. The van der Waals surface area contributed by atoms with Gasteiger partial charge in [0.25, 0.3) is 10.0 Å². The summed E-state index contributed by atoms with van der Waals surface area (Å²) in [5, 5.41) is 3.31. The molecule has 2 aromatic carbocycles. The molecule has 0 amide bonds. The average Bonchev–Trinajstić information content (AvgIpc) is 2.39. The Hall–Kier alpha value is -2.21. The van der Waals surface area contributed by atoms with Gasteiger partial charge in [0, 0.05) is 0 Å². The zero-order chi connectivity index (χ0) is 13.9. The highest BCUT2D eigenvalue weighted by Gasteiger charge is 2.15. The van der Waals surface area contributed by atoms with Gasteiger partial charge in [-0.05, 0) is 36.8 Å². The van der Waals surface area contributed by atoms with E-state index < -0.39 is 10.0 Å². The van der Waals surface area contributed by atoms with Crippen LogP contribution in [0.5, 0.6) is 0 Å². The van der Waals surface area contributed by atoms with E-state index in [0.29, 0.717) is 5.69 Å². The highest BCUT2D eigenvalue weighted by molar-refractivity contribution is 7.92. The summed E-state index contributed by atoms with van der Waals surface area (Å²) < 4.78 is 26.8. The van der Waals surface area contributed by atoms with E-state index in [-0.39, 0.29) is 10.6 Å². The van der Waals surface area contributed by atoms with Crippen molar-refractivity contribution < 1.29 is 8.42 Å². The van der Waals surface area contributed by atoms with Gasteiger partial charge in [0.05, 0.1) is 10.6 Å². The van der Waals surface area contributed by atoms with Crippen LogP contribution >= 0.6 is 0 Å². The van der Waals surface area contributed by atoms with Crippen molar-refractivity contribution in [3.05, 3.63) is 54.1 Å². The van der Waals surface area contributed by atoms with E-state index in [2.05, 4.69) is 9.84 Å². The Balaban J connectivity index is 2.41. The van der Waals surface area contributed by atoms with Crippen LogP contribution in [0.1, 0.15) is 5.56 Å². The third-order valence-corrected chi connectivity index (χ3v) is 3.95. The van der Waals surface area contributed by atoms with Crippen LogP contribution in [0.4, 0.5) is 11.4 Å². The quantitative estimate of drug-likeness (QED) is 0.838. The van der Waals surface area contributed by atoms with Gasteiger partial charge in [-0.15, -0.1) is 0 Å². The third kappa shape index (κ3) is 2.97. The van der Waals surface area contributed by atoms with Crippen LogP contribution in [0.2, 0.25) is 0 Å². The zero-order valence-corrected chi connectivity index (χ0v) is 11.1. The molecule has 19 heavy (non-hydrogen) atoms. The number of hydrogen-bond donors (Lipinski definition) is 2. The molecule has 98 valence electrons. The maximum Gasteiger partial charge on any atom is 0.261 e. The van der Waals surface area contributed by atoms with Crippen LogP contribution in [0.25, 0.3) is 0 Å². The molecule has 0 aliphatic carbocycles. The molecule has 0 saturated carbocycles. The average molecular weight is 275 g/mol. The molecule has 2 N–H and O–H groups in total. The summed E-state index contributed by atoms with van der Waals surface area (Å²) in [7, 11) is -3.66. The first-order valence-corrected chi connectivity index (χ1v) is 7.07. The number of hydrogen-bond acceptors (Lipinski definition) is 4. The van der Waals surface area contributed by atoms with Crippen LogP contribution in [0, 0.1) is 12.5 Å². The normalized spacial score (nSPS) is 11.0. The number of sulfonamides is 1. The molecule has 0 saturated heterocycles. The monoisotopic (exact) mass is 275 g/mol. The number of benzene rings is 2. The fraction of sp³-hybridized carbons (Fsp3) is 0.0769. The molecule has 0 aromatic heterocycles. The fourth-order valence-corrected chi connectivity index (χ4v) is 2.72. The molecule has 2 rings (SSSR count). The largest absolute Gasteiger partial charge is 0.277 e. The molecule has 5 nitrogen and oxygen atoms in total. The van der Waals surface area contributed by atoms with E-state index in [9.17, 15) is 8.42 Å². The highest BCUT2D eigenvalue weighted by Crippen LogP contribution is 2.28. The van der Waals surface area contributed by atoms with Gasteiger partial charge in [0.15, 0.2) is 0 Å². The second kappa shape index (κ2) is 5.19. The Morgan fingerprint density at radius 2 is 1.79 bits per heavy atom. The molecule has 0 atom stereocenters. The number of aryl methyl sites for hydroxylation is 1. The lowest BCUT2D eigenvalue weighted by Crippen LogP contribution is -2.12. The summed E-state index contributed by atoms with van der Waals surface area (Å²) >= 11 is 0. The van der Waals surface area contributed by atoms with E-state index in [0.717, 1.165) is 5.56 Å². The van der Waals surface area contributed by atoms with E-state index in [1.807, 2.05) is 6.92 Å². The standard InChI is InChI=1S/C13H13N3O2S/c1-10-7-8-12(15-14)13(9-10)16-19(17,18)11-5-3-2-4-6-11/h2-9,14,16H,1H3. The Bertz CT molecular complexity index is 697. The number of nitrogens with zero attached hydrogens (tertiary/aromatic N) is 1. The number of rotatable bonds is 4. The second-order valence-corrected chi connectivity index (χ2v) is 5.73. The van der Waals surface area contributed by atoms with Crippen LogP contribution in [0.15, 0.2) is 58.5 Å². The van der Waals surface area contributed by atoms with Crippen molar-refractivity contribution in [3.63, 3.8) is 0 Å². The molecule has 0 heterocycles. The summed E-state index contributed by atoms with van der Waals surface area (Å²) in [6, 6.07) is 13.1. The molecule has 0 unspecified atom stereocenters. The van der Waals surface area contributed by atoms with Gasteiger partial charge in [0.1, 0.15) is 5.69 Å².